The van der Waals surface area contributed by atoms with Gasteiger partial charge in [0.1, 0.15) is 0 Å². The third-order valence-electron chi connectivity index (χ3n) is 1.93. The maximum absolute atomic E-state index is 5.36. The van der Waals surface area contributed by atoms with Gasteiger partial charge in [-0.3, -0.25) is 0 Å². The molecule has 0 aromatic carbocycles. The Balaban J connectivity index is 2.22. The summed E-state index contributed by atoms with van der Waals surface area (Å²) in [5, 5.41) is 0. The molecule has 10 heavy (non-hydrogen) atoms. The third kappa shape index (κ3) is 1.92. The minimum Gasteiger partial charge on any atom is -0.119 e. The van der Waals surface area contributed by atoms with Crippen LogP contribution in [0.3, 0.4) is 0 Å². The van der Waals surface area contributed by atoms with Crippen LogP contribution in [-0.2, 0) is 0 Å². The van der Waals surface area contributed by atoms with Gasteiger partial charge in [-0.1, -0.05) is 37.3 Å². The summed E-state index contributed by atoms with van der Waals surface area (Å²) in [7, 11) is 0. The molecule has 0 heteroatoms. The number of hydrogen-bond donors (Lipinski definition) is 0. The molecule has 0 radical (unpaired) electrons. The van der Waals surface area contributed by atoms with Gasteiger partial charge in [0, 0.05) is 5.92 Å². The highest BCUT2D eigenvalue weighted by Gasteiger charge is 2.16. The van der Waals surface area contributed by atoms with Gasteiger partial charge in [-0.15, -0.1) is 6.42 Å². The molecule has 1 atom stereocenters. The van der Waals surface area contributed by atoms with Crippen molar-refractivity contribution in [2.75, 3.05) is 0 Å². The molecule has 1 unspecified atom stereocenters. The number of terminal acetylenes is 1. The van der Waals surface area contributed by atoms with Crippen LogP contribution in [0.15, 0.2) is 11.6 Å². The molecule has 0 N–H and O–H groups in total. The fourth-order valence-corrected chi connectivity index (χ4v) is 1.13. The first-order valence-corrected chi connectivity index (χ1v) is 4.03. The van der Waals surface area contributed by atoms with E-state index in [1.54, 1.807) is 0 Å². The lowest BCUT2D eigenvalue weighted by atomic mass is 10.0. The van der Waals surface area contributed by atoms with Gasteiger partial charge in [0.25, 0.3) is 0 Å². The summed E-state index contributed by atoms with van der Waals surface area (Å²) in [5.74, 6) is 3.30. The van der Waals surface area contributed by atoms with Gasteiger partial charge in [-0.25, -0.2) is 0 Å². The first kappa shape index (κ1) is 7.41. The van der Waals surface area contributed by atoms with Gasteiger partial charge in [0.15, 0.2) is 0 Å². The molecule has 0 aliphatic heterocycles. The molecule has 0 nitrogen and oxygen atoms in total. The molecular weight excluding hydrogens is 120 g/mol. The molecule has 54 valence electrons. The monoisotopic (exact) mass is 134 g/mol. The topological polar surface area (TPSA) is 0 Å². The van der Waals surface area contributed by atoms with Crippen LogP contribution < -0.4 is 0 Å². The van der Waals surface area contributed by atoms with Gasteiger partial charge in [0.05, 0.1) is 0 Å². The molecule has 1 rings (SSSR count). The lowest BCUT2D eigenvalue weighted by Crippen LogP contribution is -1.93. The van der Waals surface area contributed by atoms with Gasteiger partial charge < -0.3 is 0 Å². The molecule has 0 saturated carbocycles. The standard InChI is InChI=1S/C10H14/c1-3-5-6-9(4-2)10-7-8-10/h2,7,9H,3,5-6,8H2,1H3. The molecule has 0 saturated heterocycles. The van der Waals surface area contributed by atoms with E-state index in [2.05, 4.69) is 18.9 Å². The summed E-state index contributed by atoms with van der Waals surface area (Å²) in [6.45, 7) is 2.20. The van der Waals surface area contributed by atoms with E-state index in [4.69, 9.17) is 6.42 Å². The van der Waals surface area contributed by atoms with Crippen molar-refractivity contribution in [3.05, 3.63) is 11.6 Å². The molecular formula is C10H14. The Hall–Kier alpha value is -0.700. The van der Waals surface area contributed by atoms with Crippen LogP contribution in [0.1, 0.15) is 32.6 Å². The van der Waals surface area contributed by atoms with E-state index in [0.717, 1.165) is 0 Å². The third-order valence-corrected chi connectivity index (χ3v) is 1.93. The molecule has 0 bridgehead atoms. The van der Waals surface area contributed by atoms with Crippen LogP contribution >= 0.6 is 0 Å². The van der Waals surface area contributed by atoms with Crippen molar-refractivity contribution in [3.8, 4) is 12.3 Å². The summed E-state index contributed by atoms with van der Waals surface area (Å²) < 4.78 is 0. The van der Waals surface area contributed by atoms with E-state index in [9.17, 15) is 0 Å². The maximum Gasteiger partial charge on any atom is 0.0412 e. The number of rotatable bonds is 4. The Morgan fingerprint density at radius 2 is 2.50 bits per heavy atom. The van der Waals surface area contributed by atoms with E-state index in [1.165, 1.54) is 31.3 Å². The second-order valence-electron chi connectivity index (χ2n) is 2.84. The van der Waals surface area contributed by atoms with Crippen molar-refractivity contribution in [3.63, 3.8) is 0 Å². The van der Waals surface area contributed by atoms with Crippen molar-refractivity contribution in [2.45, 2.75) is 32.6 Å². The maximum atomic E-state index is 5.36. The Labute approximate surface area is 63.3 Å². The van der Waals surface area contributed by atoms with Gasteiger partial charge in [-0.05, 0) is 12.8 Å². The second kappa shape index (κ2) is 3.46. The fourth-order valence-electron chi connectivity index (χ4n) is 1.13. The lowest BCUT2D eigenvalue weighted by molar-refractivity contribution is 0.642. The summed E-state index contributed by atoms with van der Waals surface area (Å²) in [6, 6.07) is 0. The van der Waals surface area contributed by atoms with Crippen molar-refractivity contribution in [2.24, 2.45) is 5.92 Å². The highest BCUT2D eigenvalue weighted by Crippen LogP contribution is 2.30. The Kier molecular flexibility index (Phi) is 2.57. The zero-order chi connectivity index (χ0) is 7.40. The van der Waals surface area contributed by atoms with E-state index in [0.29, 0.717) is 5.92 Å². The predicted octanol–water partition coefficient (Wildman–Crippen LogP) is 2.76. The normalized spacial score (nSPS) is 17.4. The molecule has 0 amide bonds. The molecule has 1 aliphatic carbocycles. The molecule has 1 aliphatic rings. The Morgan fingerprint density at radius 3 is 2.90 bits per heavy atom. The average molecular weight is 134 g/mol. The molecule has 0 heterocycles. The van der Waals surface area contributed by atoms with E-state index < -0.39 is 0 Å². The van der Waals surface area contributed by atoms with Crippen LogP contribution in [0.5, 0.6) is 0 Å². The van der Waals surface area contributed by atoms with Gasteiger partial charge >= 0.3 is 0 Å². The van der Waals surface area contributed by atoms with E-state index in [-0.39, 0.29) is 0 Å². The Morgan fingerprint density at radius 1 is 1.80 bits per heavy atom. The predicted molar refractivity (Wildman–Crippen MR) is 44.5 cm³/mol. The molecule has 0 fully saturated rings. The smallest absolute Gasteiger partial charge is 0.0412 e. The van der Waals surface area contributed by atoms with Crippen molar-refractivity contribution >= 4 is 0 Å². The number of unbranched alkanes of at least 4 members (excludes halogenated alkanes) is 1. The van der Waals surface area contributed by atoms with Crippen molar-refractivity contribution < 1.29 is 0 Å². The molecule has 0 spiro atoms. The summed E-state index contributed by atoms with van der Waals surface area (Å²) >= 11 is 0. The van der Waals surface area contributed by atoms with Crippen LogP contribution in [0.25, 0.3) is 0 Å². The first-order valence-electron chi connectivity index (χ1n) is 4.03. The van der Waals surface area contributed by atoms with Crippen molar-refractivity contribution in [1.29, 1.82) is 0 Å². The van der Waals surface area contributed by atoms with Crippen LogP contribution in [-0.4, -0.2) is 0 Å². The van der Waals surface area contributed by atoms with Gasteiger partial charge in [-0.2, -0.15) is 0 Å². The summed E-state index contributed by atoms with van der Waals surface area (Å²) in [4.78, 5) is 0. The van der Waals surface area contributed by atoms with E-state index in [1.807, 2.05) is 0 Å². The van der Waals surface area contributed by atoms with Crippen molar-refractivity contribution in [1.82, 2.24) is 0 Å². The van der Waals surface area contributed by atoms with Crippen LogP contribution in [0.2, 0.25) is 0 Å². The number of allylic oxidation sites excluding steroid dienone is 2. The van der Waals surface area contributed by atoms with Gasteiger partial charge in [0.2, 0.25) is 0 Å². The largest absolute Gasteiger partial charge is 0.119 e. The highest BCUT2D eigenvalue weighted by molar-refractivity contribution is 5.30. The highest BCUT2D eigenvalue weighted by atomic mass is 14.2. The van der Waals surface area contributed by atoms with Crippen LogP contribution in [0.4, 0.5) is 0 Å². The minimum absolute atomic E-state index is 0.472. The second-order valence-corrected chi connectivity index (χ2v) is 2.84. The van der Waals surface area contributed by atoms with E-state index >= 15 is 0 Å². The SMILES string of the molecule is C#CC(CCCC)C1=CC1. The molecule has 0 aromatic rings. The zero-order valence-corrected chi connectivity index (χ0v) is 6.56. The lowest BCUT2D eigenvalue weighted by Gasteiger charge is -2.03. The Bertz CT molecular complexity index is 169. The average Bonchev–Trinajstić information content (AvgIpc) is 2.73. The van der Waals surface area contributed by atoms with Crippen LogP contribution in [0, 0.1) is 18.3 Å². The fraction of sp³-hybridized carbons (Fsp3) is 0.600. The zero-order valence-electron chi connectivity index (χ0n) is 6.56. The number of hydrogen-bond acceptors (Lipinski definition) is 0. The summed E-state index contributed by atoms with van der Waals surface area (Å²) in [6.07, 6.45) is 12.5. The molecule has 0 aromatic heterocycles. The summed E-state index contributed by atoms with van der Waals surface area (Å²) in [5.41, 5.74) is 1.50. The minimum atomic E-state index is 0.472. The quantitative estimate of drug-likeness (QED) is 0.409. The first-order chi connectivity index (χ1) is 4.88.